The summed E-state index contributed by atoms with van der Waals surface area (Å²) in [5.74, 6) is 1.31. The molecule has 0 radical (unpaired) electrons. The second kappa shape index (κ2) is 5.51. The maximum atomic E-state index is 9.15. The van der Waals surface area contributed by atoms with Gasteiger partial charge in [-0.2, -0.15) is 10.4 Å². The van der Waals surface area contributed by atoms with Crippen molar-refractivity contribution in [3.63, 3.8) is 0 Å². The summed E-state index contributed by atoms with van der Waals surface area (Å²) in [6.45, 7) is 2.26. The van der Waals surface area contributed by atoms with Crippen molar-refractivity contribution in [1.29, 1.82) is 5.26 Å². The van der Waals surface area contributed by atoms with Crippen molar-refractivity contribution in [1.82, 2.24) is 24.7 Å². The van der Waals surface area contributed by atoms with Gasteiger partial charge in [0.2, 0.25) is 0 Å². The molecule has 1 aliphatic rings. The Hall–Kier alpha value is -2.68. The summed E-state index contributed by atoms with van der Waals surface area (Å²) in [5.41, 5.74) is 2.66. The Kier molecular flexibility index (Phi) is 3.34. The fraction of sp³-hybridized carbons (Fsp3) is 0.412. The van der Waals surface area contributed by atoms with Gasteiger partial charge in [-0.25, -0.2) is 9.97 Å². The summed E-state index contributed by atoms with van der Waals surface area (Å²) in [6, 6.07) is 4.45. The van der Waals surface area contributed by atoms with Crippen LogP contribution in [-0.4, -0.2) is 24.7 Å². The Morgan fingerprint density at radius 1 is 1.43 bits per heavy atom. The molecule has 3 aromatic heterocycles. The number of aromatic nitrogens is 5. The zero-order chi connectivity index (χ0) is 15.8. The third-order valence-corrected chi connectivity index (χ3v) is 4.82. The van der Waals surface area contributed by atoms with Gasteiger partial charge in [0.1, 0.15) is 12.0 Å². The smallest absolute Gasteiger partial charge is 0.141 e. The molecule has 4 rings (SSSR count). The lowest BCUT2D eigenvalue weighted by atomic mass is 9.71. The molecule has 0 spiro atoms. The first-order valence-electron chi connectivity index (χ1n) is 7.96. The van der Waals surface area contributed by atoms with Gasteiger partial charge in [-0.3, -0.25) is 4.68 Å². The minimum absolute atomic E-state index is 0.161. The zero-order valence-electron chi connectivity index (χ0n) is 13.0. The maximum absolute atomic E-state index is 9.15. The van der Waals surface area contributed by atoms with Gasteiger partial charge >= 0.3 is 0 Å². The van der Waals surface area contributed by atoms with E-state index in [2.05, 4.69) is 33.0 Å². The van der Waals surface area contributed by atoms with E-state index in [0.717, 1.165) is 28.2 Å². The molecule has 6 heteroatoms. The highest BCUT2D eigenvalue weighted by atomic mass is 15.3. The SMILES string of the molecule is CC1CC([C@@H](CC#N)n2cc(-c3ncnc4[nH]ccc34)cn2)C1. The Morgan fingerprint density at radius 3 is 3.09 bits per heavy atom. The largest absolute Gasteiger partial charge is 0.346 e. The number of rotatable bonds is 4. The lowest BCUT2D eigenvalue weighted by Gasteiger charge is -2.37. The van der Waals surface area contributed by atoms with Crippen molar-refractivity contribution in [3.8, 4) is 17.3 Å². The first kappa shape index (κ1) is 13.9. The number of H-pyrrole nitrogens is 1. The molecule has 3 heterocycles. The molecule has 1 N–H and O–H groups in total. The number of aromatic amines is 1. The van der Waals surface area contributed by atoms with Crippen LogP contribution in [0.15, 0.2) is 31.0 Å². The Bertz CT molecular complexity index is 864. The first-order valence-corrected chi connectivity index (χ1v) is 7.96. The highest BCUT2D eigenvalue weighted by Crippen LogP contribution is 2.42. The average Bonchev–Trinajstić information content (AvgIpc) is 3.18. The van der Waals surface area contributed by atoms with Gasteiger partial charge in [0.05, 0.1) is 30.4 Å². The fourth-order valence-electron chi connectivity index (χ4n) is 3.59. The Morgan fingerprint density at radius 2 is 2.30 bits per heavy atom. The van der Waals surface area contributed by atoms with E-state index in [1.807, 2.05) is 29.3 Å². The number of hydrogen-bond donors (Lipinski definition) is 1. The third kappa shape index (κ3) is 2.38. The van der Waals surface area contributed by atoms with Gasteiger partial charge in [0.15, 0.2) is 0 Å². The van der Waals surface area contributed by atoms with Crippen molar-refractivity contribution < 1.29 is 0 Å². The molecule has 0 amide bonds. The molecule has 0 saturated heterocycles. The number of nitrogens with one attached hydrogen (secondary N) is 1. The summed E-state index contributed by atoms with van der Waals surface area (Å²) < 4.78 is 1.95. The van der Waals surface area contributed by atoms with Gasteiger partial charge in [-0.1, -0.05) is 6.92 Å². The predicted molar refractivity (Wildman–Crippen MR) is 86.3 cm³/mol. The molecular weight excluding hydrogens is 288 g/mol. The van der Waals surface area contributed by atoms with E-state index < -0.39 is 0 Å². The second-order valence-corrected chi connectivity index (χ2v) is 6.44. The van der Waals surface area contributed by atoms with Crippen molar-refractivity contribution in [2.24, 2.45) is 11.8 Å². The summed E-state index contributed by atoms with van der Waals surface area (Å²) >= 11 is 0. The van der Waals surface area contributed by atoms with Crippen LogP contribution >= 0.6 is 0 Å². The fourth-order valence-corrected chi connectivity index (χ4v) is 3.59. The summed E-state index contributed by atoms with van der Waals surface area (Å²) in [6.07, 6.45) is 10.1. The van der Waals surface area contributed by atoms with E-state index in [9.17, 15) is 0 Å². The van der Waals surface area contributed by atoms with Crippen LogP contribution in [0.2, 0.25) is 0 Å². The zero-order valence-corrected chi connectivity index (χ0v) is 13.0. The van der Waals surface area contributed by atoms with Crippen LogP contribution in [0.1, 0.15) is 32.2 Å². The summed E-state index contributed by atoms with van der Waals surface area (Å²) in [7, 11) is 0. The highest BCUT2D eigenvalue weighted by molar-refractivity contribution is 5.89. The molecule has 116 valence electrons. The molecule has 6 nitrogen and oxygen atoms in total. The van der Waals surface area contributed by atoms with E-state index in [4.69, 9.17) is 5.26 Å². The molecule has 0 bridgehead atoms. The highest BCUT2D eigenvalue weighted by Gasteiger charge is 2.34. The molecule has 3 aromatic rings. The molecule has 1 saturated carbocycles. The van der Waals surface area contributed by atoms with E-state index in [1.54, 1.807) is 6.33 Å². The lowest BCUT2D eigenvalue weighted by Crippen LogP contribution is -2.30. The van der Waals surface area contributed by atoms with Crippen molar-refractivity contribution in [3.05, 3.63) is 31.0 Å². The van der Waals surface area contributed by atoms with E-state index in [1.165, 1.54) is 12.8 Å². The van der Waals surface area contributed by atoms with E-state index in [0.29, 0.717) is 12.3 Å². The predicted octanol–water partition coefficient (Wildman–Crippen LogP) is 3.32. The summed E-state index contributed by atoms with van der Waals surface area (Å²) in [4.78, 5) is 11.7. The minimum atomic E-state index is 0.161. The number of fused-ring (bicyclic) bond motifs is 1. The molecule has 1 aliphatic carbocycles. The van der Waals surface area contributed by atoms with Crippen molar-refractivity contribution >= 4 is 11.0 Å². The Labute approximate surface area is 134 Å². The standard InChI is InChI=1S/C17H18N6/c1-11-6-12(7-11)15(2-4-18)23-9-13(8-22-23)16-14-3-5-19-17(14)21-10-20-16/h3,5,8-12,15H,2,6-7H2,1H3,(H,19,20,21)/t11?,12?,15-/m1/s1. The minimum Gasteiger partial charge on any atom is -0.346 e. The molecule has 0 unspecified atom stereocenters. The number of nitrogens with zero attached hydrogens (tertiary/aromatic N) is 5. The van der Waals surface area contributed by atoms with E-state index in [-0.39, 0.29) is 6.04 Å². The van der Waals surface area contributed by atoms with Gasteiger partial charge in [0, 0.05) is 23.3 Å². The molecule has 0 aliphatic heterocycles. The van der Waals surface area contributed by atoms with Crippen LogP contribution in [0.4, 0.5) is 0 Å². The monoisotopic (exact) mass is 306 g/mol. The number of hydrogen-bond acceptors (Lipinski definition) is 4. The van der Waals surface area contributed by atoms with Crippen LogP contribution in [0.25, 0.3) is 22.3 Å². The second-order valence-electron chi connectivity index (χ2n) is 6.44. The maximum Gasteiger partial charge on any atom is 0.141 e. The normalized spacial score (nSPS) is 21.7. The third-order valence-electron chi connectivity index (χ3n) is 4.82. The van der Waals surface area contributed by atoms with Crippen LogP contribution in [0, 0.1) is 23.2 Å². The van der Waals surface area contributed by atoms with Gasteiger partial charge in [-0.05, 0) is 30.7 Å². The molecule has 23 heavy (non-hydrogen) atoms. The van der Waals surface area contributed by atoms with Gasteiger partial charge in [0.25, 0.3) is 0 Å². The van der Waals surface area contributed by atoms with Crippen LogP contribution in [0.3, 0.4) is 0 Å². The van der Waals surface area contributed by atoms with E-state index >= 15 is 0 Å². The van der Waals surface area contributed by atoms with Crippen LogP contribution < -0.4 is 0 Å². The quantitative estimate of drug-likeness (QED) is 0.801. The van der Waals surface area contributed by atoms with Crippen molar-refractivity contribution in [2.45, 2.75) is 32.2 Å². The van der Waals surface area contributed by atoms with Crippen molar-refractivity contribution in [2.75, 3.05) is 0 Å². The number of nitriles is 1. The van der Waals surface area contributed by atoms with Gasteiger partial charge < -0.3 is 4.98 Å². The first-order chi connectivity index (χ1) is 11.3. The van der Waals surface area contributed by atoms with Crippen LogP contribution in [0.5, 0.6) is 0 Å². The summed E-state index contributed by atoms with van der Waals surface area (Å²) in [5, 5.41) is 14.7. The average molecular weight is 306 g/mol. The molecule has 1 fully saturated rings. The Balaban J connectivity index is 1.68. The topological polar surface area (TPSA) is 83.2 Å². The molecule has 1 atom stereocenters. The lowest BCUT2D eigenvalue weighted by molar-refractivity contribution is 0.134. The molecule has 0 aromatic carbocycles. The van der Waals surface area contributed by atoms with Crippen LogP contribution in [-0.2, 0) is 0 Å². The molecular formula is C17H18N6. The van der Waals surface area contributed by atoms with Gasteiger partial charge in [-0.15, -0.1) is 0 Å².